The lowest BCUT2D eigenvalue weighted by molar-refractivity contribution is -0.147. The smallest absolute Gasteiger partial charge is 0.407 e. The van der Waals surface area contributed by atoms with Gasteiger partial charge in [-0.25, -0.2) is 4.79 Å². The maximum absolute atomic E-state index is 11.5. The van der Waals surface area contributed by atoms with Gasteiger partial charge in [0.1, 0.15) is 25.6 Å². The van der Waals surface area contributed by atoms with Crippen LogP contribution in [0.15, 0.2) is 0 Å². The molecule has 11 heteroatoms. The summed E-state index contributed by atoms with van der Waals surface area (Å²) in [7, 11) is 0. The predicted octanol–water partition coefficient (Wildman–Crippen LogP) is -1.98. The molecular weight excluding hydrogens is 358 g/mol. The molecule has 27 heavy (non-hydrogen) atoms. The first-order chi connectivity index (χ1) is 13.1. The van der Waals surface area contributed by atoms with Gasteiger partial charge in [0, 0.05) is 52.1 Å². The summed E-state index contributed by atoms with van der Waals surface area (Å²) < 4.78 is 9.69. The van der Waals surface area contributed by atoms with Crippen molar-refractivity contribution in [2.24, 2.45) is 5.84 Å². The zero-order chi connectivity index (χ0) is 20.2. The molecule has 0 aliphatic rings. The van der Waals surface area contributed by atoms with E-state index in [1.807, 2.05) is 0 Å². The summed E-state index contributed by atoms with van der Waals surface area (Å²) in [5.41, 5.74) is 2.54. The van der Waals surface area contributed by atoms with Crippen LogP contribution in [0.25, 0.3) is 0 Å². The van der Waals surface area contributed by atoms with Crippen molar-refractivity contribution >= 4 is 18.3 Å². The quantitative estimate of drug-likeness (QED) is 0.0507. The molecule has 0 saturated heterocycles. The number of rotatable bonds is 18. The van der Waals surface area contributed by atoms with E-state index >= 15 is 0 Å². The molecule has 0 aromatic rings. The summed E-state index contributed by atoms with van der Waals surface area (Å²) in [6.45, 7) is 3.46. The van der Waals surface area contributed by atoms with E-state index in [-0.39, 0.29) is 19.6 Å². The number of hydrogen-bond donors (Lipinski definition) is 6. The van der Waals surface area contributed by atoms with Crippen LogP contribution < -0.4 is 27.2 Å². The zero-order valence-electron chi connectivity index (χ0n) is 15.7. The minimum absolute atomic E-state index is 0.189. The Morgan fingerprint density at radius 3 is 2.26 bits per heavy atom. The molecule has 0 bridgehead atoms. The Morgan fingerprint density at radius 2 is 1.59 bits per heavy atom. The monoisotopic (exact) mass is 391 g/mol. The van der Waals surface area contributed by atoms with Crippen LogP contribution in [0.3, 0.4) is 0 Å². The molecule has 0 aliphatic carbocycles. The number of nitrogens with one attached hydrogen (secondary N) is 4. The molecule has 0 aliphatic heterocycles. The molecule has 11 nitrogen and oxygen atoms in total. The Balaban J connectivity index is 3.47. The second kappa shape index (κ2) is 19.0. The molecule has 158 valence electrons. The molecule has 0 spiro atoms. The summed E-state index contributed by atoms with van der Waals surface area (Å²) in [6.07, 6.45) is 0.855. The highest BCUT2D eigenvalue weighted by Gasteiger charge is 2.11. The third kappa shape index (κ3) is 18.8. The third-order valence-electron chi connectivity index (χ3n) is 3.29. The second-order valence-electron chi connectivity index (χ2n) is 5.73. The van der Waals surface area contributed by atoms with Crippen molar-refractivity contribution in [1.29, 1.82) is 0 Å². The summed E-state index contributed by atoms with van der Waals surface area (Å²) in [6, 6.07) is 0. The van der Waals surface area contributed by atoms with Gasteiger partial charge in [-0.1, -0.05) is 0 Å². The fourth-order valence-electron chi connectivity index (χ4n) is 1.87. The van der Waals surface area contributed by atoms with Crippen molar-refractivity contribution in [3.05, 3.63) is 0 Å². The third-order valence-corrected chi connectivity index (χ3v) is 3.29. The zero-order valence-corrected chi connectivity index (χ0v) is 15.7. The van der Waals surface area contributed by atoms with Gasteiger partial charge in [0.2, 0.25) is 0 Å². The van der Waals surface area contributed by atoms with Gasteiger partial charge in [-0.05, 0) is 12.8 Å². The van der Waals surface area contributed by atoms with E-state index in [4.69, 9.17) is 15.3 Å². The Hall–Kier alpha value is -1.79. The molecule has 0 heterocycles. The number of aldehydes is 1. The Labute approximate surface area is 159 Å². The van der Waals surface area contributed by atoms with Crippen LogP contribution in [0.5, 0.6) is 0 Å². The molecule has 0 aromatic carbocycles. The molecule has 1 amide bonds. The van der Waals surface area contributed by atoms with Crippen LogP contribution in [0.2, 0.25) is 0 Å². The number of unbranched alkanes of at least 4 members (excludes halogenated alkanes) is 2. The summed E-state index contributed by atoms with van der Waals surface area (Å²) in [5.74, 6) is 4.68. The molecule has 1 atom stereocenters. The molecule has 0 rings (SSSR count). The maximum Gasteiger partial charge on any atom is 0.407 e. The first kappa shape index (κ1) is 25.2. The van der Waals surface area contributed by atoms with E-state index in [0.29, 0.717) is 38.9 Å². The fraction of sp³-hybridized carbons (Fsp3) is 0.812. The first-order valence-corrected chi connectivity index (χ1v) is 9.13. The summed E-state index contributed by atoms with van der Waals surface area (Å²) >= 11 is 0. The second-order valence-corrected chi connectivity index (χ2v) is 5.73. The van der Waals surface area contributed by atoms with E-state index in [1.165, 1.54) is 0 Å². The largest absolute Gasteiger partial charge is 0.463 e. The number of nitrogens with two attached hydrogens (primary N) is 1. The lowest BCUT2D eigenvalue weighted by atomic mass is 10.2. The Morgan fingerprint density at radius 1 is 0.963 bits per heavy atom. The molecule has 0 saturated carbocycles. The predicted molar refractivity (Wildman–Crippen MR) is 98.8 cm³/mol. The van der Waals surface area contributed by atoms with Crippen LogP contribution in [0.1, 0.15) is 25.7 Å². The number of carbonyl (C=O) groups excluding carboxylic acids is 3. The van der Waals surface area contributed by atoms with Gasteiger partial charge < -0.3 is 35.3 Å². The standard InChI is InChI=1S/C16H33N5O6/c17-21-10-8-19-6-5-18-7-9-20-16(25)27-13-14(23)12-26-15(24)4-2-1-3-11-22/h11,14,18-19,21,23H,1-10,12-13,17H2,(H,20,25). The Bertz CT molecular complexity index is 399. The summed E-state index contributed by atoms with van der Waals surface area (Å²) in [4.78, 5) is 33.0. The van der Waals surface area contributed by atoms with Crippen molar-refractivity contribution in [3.63, 3.8) is 0 Å². The van der Waals surface area contributed by atoms with Gasteiger partial charge in [-0.2, -0.15) is 0 Å². The number of carbonyl (C=O) groups is 3. The van der Waals surface area contributed by atoms with Gasteiger partial charge in [-0.3, -0.25) is 16.1 Å². The number of alkyl carbamates (subject to hydrolysis) is 1. The van der Waals surface area contributed by atoms with Gasteiger partial charge in [0.05, 0.1) is 0 Å². The van der Waals surface area contributed by atoms with Gasteiger partial charge in [0.25, 0.3) is 0 Å². The number of amides is 1. The van der Waals surface area contributed by atoms with E-state index in [0.717, 1.165) is 25.9 Å². The molecule has 1 unspecified atom stereocenters. The molecule has 7 N–H and O–H groups in total. The van der Waals surface area contributed by atoms with Gasteiger partial charge in [-0.15, -0.1) is 0 Å². The van der Waals surface area contributed by atoms with E-state index < -0.39 is 18.2 Å². The van der Waals surface area contributed by atoms with E-state index in [9.17, 15) is 19.5 Å². The fourth-order valence-corrected chi connectivity index (χ4v) is 1.87. The number of hydrogen-bond acceptors (Lipinski definition) is 10. The average Bonchev–Trinajstić information content (AvgIpc) is 2.66. The lowest BCUT2D eigenvalue weighted by Crippen LogP contribution is -2.38. The molecule has 0 aromatic heterocycles. The SMILES string of the molecule is NNCCNCCNCCNC(=O)OCC(O)COC(=O)CCCCC=O. The highest BCUT2D eigenvalue weighted by Crippen LogP contribution is 2.00. The maximum atomic E-state index is 11.5. The van der Waals surface area contributed by atoms with Crippen LogP contribution in [-0.4, -0.2) is 82.0 Å². The minimum Gasteiger partial charge on any atom is -0.463 e. The lowest BCUT2D eigenvalue weighted by Gasteiger charge is -2.12. The first-order valence-electron chi connectivity index (χ1n) is 9.13. The van der Waals surface area contributed by atoms with Crippen LogP contribution in [0.4, 0.5) is 4.79 Å². The number of ether oxygens (including phenoxy) is 2. The van der Waals surface area contributed by atoms with Crippen molar-refractivity contribution in [3.8, 4) is 0 Å². The minimum atomic E-state index is -1.08. The highest BCUT2D eigenvalue weighted by molar-refractivity contribution is 5.69. The molecular formula is C16H33N5O6. The topological polar surface area (TPSA) is 164 Å². The van der Waals surface area contributed by atoms with Gasteiger partial charge in [0.15, 0.2) is 0 Å². The normalized spacial score (nSPS) is 11.6. The van der Waals surface area contributed by atoms with E-state index in [2.05, 4.69) is 21.4 Å². The number of hydrazine groups is 1. The van der Waals surface area contributed by atoms with Crippen molar-refractivity contribution in [1.82, 2.24) is 21.4 Å². The summed E-state index contributed by atoms with van der Waals surface area (Å²) in [5, 5.41) is 18.5. The van der Waals surface area contributed by atoms with Crippen molar-refractivity contribution < 1.29 is 29.0 Å². The van der Waals surface area contributed by atoms with Crippen molar-refractivity contribution in [2.75, 3.05) is 52.5 Å². The van der Waals surface area contributed by atoms with Crippen LogP contribution >= 0.6 is 0 Å². The highest BCUT2D eigenvalue weighted by atomic mass is 16.6. The molecule has 0 fully saturated rings. The number of aliphatic hydroxyl groups is 1. The van der Waals surface area contributed by atoms with Crippen LogP contribution in [-0.2, 0) is 19.1 Å². The Kier molecular flexibility index (Phi) is 17.7. The van der Waals surface area contributed by atoms with Gasteiger partial charge >= 0.3 is 12.1 Å². The average molecular weight is 391 g/mol. The van der Waals surface area contributed by atoms with Crippen molar-refractivity contribution in [2.45, 2.75) is 31.8 Å². The van der Waals surface area contributed by atoms with E-state index in [1.54, 1.807) is 0 Å². The van der Waals surface area contributed by atoms with Crippen LogP contribution in [0, 0.1) is 0 Å². The molecule has 0 radical (unpaired) electrons. The number of aliphatic hydroxyl groups excluding tert-OH is 1. The number of esters is 1.